The molecule has 0 bridgehead atoms. The van der Waals surface area contributed by atoms with Crippen LogP contribution in [0, 0.1) is 0 Å². The van der Waals surface area contributed by atoms with Crippen molar-refractivity contribution in [1.82, 2.24) is 19.6 Å². The van der Waals surface area contributed by atoms with Crippen LogP contribution in [0.4, 0.5) is 5.69 Å². The molecule has 4 heterocycles. The van der Waals surface area contributed by atoms with E-state index in [0.717, 1.165) is 12.8 Å². The van der Waals surface area contributed by atoms with Gasteiger partial charge < -0.3 is 10.3 Å². The highest BCUT2D eigenvalue weighted by molar-refractivity contribution is 6.00. The molecule has 3 aromatic rings. The first kappa shape index (κ1) is 15.9. The number of nitrogens with one attached hydrogen (secondary N) is 2. The van der Waals surface area contributed by atoms with E-state index in [4.69, 9.17) is 4.84 Å². The van der Waals surface area contributed by atoms with E-state index in [1.165, 1.54) is 29.5 Å². The van der Waals surface area contributed by atoms with E-state index >= 15 is 0 Å². The number of fused-ring (bicyclic) bond motifs is 2. The summed E-state index contributed by atoms with van der Waals surface area (Å²) in [7, 11) is 0. The molecule has 9 nitrogen and oxygen atoms in total. The zero-order valence-corrected chi connectivity index (χ0v) is 14.1. The first-order chi connectivity index (χ1) is 13.1. The Hall–Kier alpha value is -3.30. The summed E-state index contributed by atoms with van der Waals surface area (Å²) in [5.41, 5.74) is 0.749. The van der Waals surface area contributed by atoms with Gasteiger partial charge in [0, 0.05) is 29.7 Å². The maximum Gasteiger partial charge on any atom is 0.268 e. The predicted octanol–water partition coefficient (Wildman–Crippen LogP) is 1.09. The lowest BCUT2D eigenvalue weighted by atomic mass is 10.1. The summed E-state index contributed by atoms with van der Waals surface area (Å²) in [5.74, 6) is -0.592. The topological polar surface area (TPSA) is 112 Å². The summed E-state index contributed by atoms with van der Waals surface area (Å²) in [6.45, 7) is 0. The minimum absolute atomic E-state index is 0.0213. The molecule has 136 valence electrons. The smallest absolute Gasteiger partial charge is 0.268 e. The van der Waals surface area contributed by atoms with Crippen molar-refractivity contribution < 1.29 is 14.4 Å². The third-order valence-corrected chi connectivity index (χ3v) is 4.90. The number of amides is 1. The highest BCUT2D eigenvalue weighted by Crippen LogP contribution is 2.37. The summed E-state index contributed by atoms with van der Waals surface area (Å²) < 4.78 is 1.25. The second-order valence-electron chi connectivity index (χ2n) is 6.57. The maximum atomic E-state index is 12.7. The third-order valence-electron chi connectivity index (χ3n) is 4.90. The van der Waals surface area contributed by atoms with Gasteiger partial charge in [-0.15, -0.1) is 5.06 Å². The number of carbonyl (C=O) groups is 2. The van der Waals surface area contributed by atoms with Crippen LogP contribution in [0.25, 0.3) is 10.9 Å². The molecule has 2 aromatic heterocycles. The summed E-state index contributed by atoms with van der Waals surface area (Å²) in [4.78, 5) is 49.5. The summed E-state index contributed by atoms with van der Waals surface area (Å²) in [6, 6.07) is 4.64. The molecule has 2 aliphatic heterocycles. The predicted molar refractivity (Wildman–Crippen MR) is 94.9 cm³/mol. The SMILES string of the molecule is O=C(Nc1ccc2c(=O)c(C(=O)n3ccnc3)c[nH]c2c1)C1CCC2ON21. The summed E-state index contributed by atoms with van der Waals surface area (Å²) >= 11 is 0. The lowest BCUT2D eigenvalue weighted by Gasteiger charge is -2.12. The fraction of sp³-hybridized carbons (Fsp3) is 0.222. The average Bonchev–Trinajstić information content (AvgIpc) is 3.09. The maximum absolute atomic E-state index is 12.7. The fourth-order valence-electron chi connectivity index (χ4n) is 3.44. The molecule has 0 aliphatic carbocycles. The molecule has 0 radical (unpaired) electrons. The number of pyridine rings is 1. The first-order valence-corrected chi connectivity index (χ1v) is 8.56. The number of carbonyl (C=O) groups excluding carboxylic acids is 2. The lowest BCUT2D eigenvalue weighted by molar-refractivity contribution is -0.121. The minimum Gasteiger partial charge on any atom is -0.360 e. The van der Waals surface area contributed by atoms with E-state index in [-0.39, 0.29) is 29.2 Å². The van der Waals surface area contributed by atoms with Crippen LogP contribution in [0.3, 0.4) is 0 Å². The van der Waals surface area contributed by atoms with Crippen LogP contribution in [0.5, 0.6) is 0 Å². The Bertz CT molecular complexity index is 1120. The van der Waals surface area contributed by atoms with Crippen LogP contribution in [0.2, 0.25) is 0 Å². The summed E-state index contributed by atoms with van der Waals surface area (Å²) in [6.07, 6.45) is 7.38. The van der Waals surface area contributed by atoms with Gasteiger partial charge in [-0.25, -0.2) is 4.98 Å². The number of imidazole rings is 1. The van der Waals surface area contributed by atoms with E-state index in [2.05, 4.69) is 15.3 Å². The monoisotopic (exact) mass is 365 g/mol. The zero-order chi connectivity index (χ0) is 18.5. The number of H-pyrrole nitrogens is 1. The highest BCUT2D eigenvalue weighted by atomic mass is 16.8. The van der Waals surface area contributed by atoms with Gasteiger partial charge in [0.15, 0.2) is 6.23 Å². The number of hydrogen-bond donors (Lipinski definition) is 2. The van der Waals surface area contributed by atoms with Crippen LogP contribution >= 0.6 is 0 Å². The van der Waals surface area contributed by atoms with Crippen molar-refractivity contribution in [3.8, 4) is 0 Å². The number of rotatable bonds is 3. The molecule has 3 unspecified atom stereocenters. The average molecular weight is 365 g/mol. The number of aromatic nitrogens is 3. The molecular weight excluding hydrogens is 350 g/mol. The second-order valence-corrected chi connectivity index (χ2v) is 6.57. The molecule has 9 heteroatoms. The molecule has 27 heavy (non-hydrogen) atoms. The van der Waals surface area contributed by atoms with Gasteiger partial charge in [-0.3, -0.25) is 23.8 Å². The van der Waals surface area contributed by atoms with Crippen LogP contribution in [0.15, 0.2) is 47.9 Å². The van der Waals surface area contributed by atoms with E-state index in [0.29, 0.717) is 16.6 Å². The largest absolute Gasteiger partial charge is 0.360 e. The highest BCUT2D eigenvalue weighted by Gasteiger charge is 2.51. The van der Waals surface area contributed by atoms with Gasteiger partial charge >= 0.3 is 0 Å². The van der Waals surface area contributed by atoms with E-state index < -0.39 is 5.91 Å². The van der Waals surface area contributed by atoms with Crippen LogP contribution in [-0.2, 0) is 9.63 Å². The normalized spacial score (nSPS) is 23.2. The van der Waals surface area contributed by atoms with Crippen LogP contribution in [0.1, 0.15) is 23.2 Å². The first-order valence-electron chi connectivity index (χ1n) is 8.56. The van der Waals surface area contributed by atoms with Crippen molar-refractivity contribution in [2.75, 3.05) is 5.32 Å². The Morgan fingerprint density at radius 2 is 2.19 bits per heavy atom. The van der Waals surface area contributed by atoms with Crippen molar-refractivity contribution in [3.63, 3.8) is 0 Å². The van der Waals surface area contributed by atoms with Crippen LogP contribution in [-0.4, -0.2) is 43.7 Å². The van der Waals surface area contributed by atoms with Gasteiger partial charge in [0.2, 0.25) is 11.3 Å². The van der Waals surface area contributed by atoms with Crippen molar-refractivity contribution in [3.05, 3.63) is 58.9 Å². The molecule has 3 atom stereocenters. The zero-order valence-electron chi connectivity index (χ0n) is 14.1. The minimum atomic E-state index is -0.456. The van der Waals surface area contributed by atoms with Gasteiger partial charge in [-0.05, 0) is 31.0 Å². The lowest BCUT2D eigenvalue weighted by Crippen LogP contribution is -2.31. The quantitative estimate of drug-likeness (QED) is 0.672. The molecule has 2 N–H and O–H groups in total. The Balaban J connectivity index is 1.43. The van der Waals surface area contributed by atoms with E-state index in [9.17, 15) is 14.4 Å². The molecule has 0 spiro atoms. The molecule has 1 aromatic carbocycles. The number of aromatic amines is 1. The molecule has 2 saturated heterocycles. The van der Waals surface area contributed by atoms with Crippen molar-refractivity contribution in [1.29, 1.82) is 0 Å². The molecule has 5 rings (SSSR count). The number of hydrogen-bond acceptors (Lipinski definition) is 6. The standard InChI is InChI=1S/C18H15N5O4/c24-16-11-2-1-10(21-17(25)14-3-4-15-23(14)27-15)7-13(11)20-8-12(16)18(26)22-6-5-19-9-22/h1-2,5-9,14-15H,3-4H2,(H,20,24)(H,21,25). The second kappa shape index (κ2) is 5.86. The Labute approximate surface area is 152 Å². The van der Waals surface area contributed by atoms with Gasteiger partial charge in [0.25, 0.3) is 5.91 Å². The van der Waals surface area contributed by atoms with Crippen molar-refractivity contribution in [2.24, 2.45) is 0 Å². The number of nitrogens with zero attached hydrogens (tertiary/aromatic N) is 3. The molecular formula is C18H15N5O4. The van der Waals surface area contributed by atoms with E-state index in [1.54, 1.807) is 23.3 Å². The van der Waals surface area contributed by atoms with Crippen molar-refractivity contribution in [2.45, 2.75) is 25.1 Å². The number of benzene rings is 1. The fourth-order valence-corrected chi connectivity index (χ4v) is 3.44. The molecule has 2 aliphatic rings. The van der Waals surface area contributed by atoms with Gasteiger partial charge in [0.05, 0.1) is 5.52 Å². The van der Waals surface area contributed by atoms with Crippen LogP contribution < -0.4 is 10.7 Å². The number of hydroxylamine groups is 2. The molecule has 2 fully saturated rings. The third kappa shape index (κ3) is 2.64. The Morgan fingerprint density at radius 1 is 1.30 bits per heavy atom. The number of anilines is 1. The Morgan fingerprint density at radius 3 is 2.89 bits per heavy atom. The Kier molecular flexibility index (Phi) is 3.46. The van der Waals surface area contributed by atoms with E-state index in [1.807, 2.05) is 0 Å². The van der Waals surface area contributed by atoms with Crippen molar-refractivity contribution >= 4 is 28.4 Å². The molecule has 0 saturated carbocycles. The summed E-state index contributed by atoms with van der Waals surface area (Å²) in [5, 5.41) is 4.92. The molecule has 1 amide bonds. The van der Waals surface area contributed by atoms with Gasteiger partial charge in [0.1, 0.15) is 17.9 Å². The van der Waals surface area contributed by atoms with Gasteiger partial charge in [-0.2, -0.15) is 0 Å². The van der Waals surface area contributed by atoms with Gasteiger partial charge in [-0.1, -0.05) is 0 Å².